The van der Waals surface area contributed by atoms with Gasteiger partial charge in [0, 0.05) is 19.0 Å². The molecule has 1 unspecified atom stereocenters. The number of carbonyl (C=O) groups excluding carboxylic acids is 1. The van der Waals surface area contributed by atoms with Crippen LogP contribution >= 0.6 is 0 Å². The van der Waals surface area contributed by atoms with E-state index >= 15 is 0 Å². The summed E-state index contributed by atoms with van der Waals surface area (Å²) in [6.07, 6.45) is 5.74. The van der Waals surface area contributed by atoms with Crippen LogP contribution in [0.4, 0.5) is 0 Å². The molecule has 2 fully saturated rings. The van der Waals surface area contributed by atoms with Gasteiger partial charge in [0.25, 0.3) is 0 Å². The highest BCUT2D eigenvalue weighted by atomic mass is 16.1. The lowest BCUT2D eigenvalue weighted by molar-refractivity contribution is -0.121. The van der Waals surface area contributed by atoms with Crippen molar-refractivity contribution in [2.24, 2.45) is 5.92 Å². The number of hydrogen-bond donors (Lipinski definition) is 2. The molecule has 2 aliphatic rings. The zero-order chi connectivity index (χ0) is 9.10. The van der Waals surface area contributed by atoms with E-state index in [0.29, 0.717) is 12.0 Å². The molecule has 0 bridgehead atoms. The van der Waals surface area contributed by atoms with E-state index in [1.165, 1.54) is 25.7 Å². The van der Waals surface area contributed by atoms with E-state index in [0.717, 1.165) is 19.5 Å². The molecule has 0 radical (unpaired) electrons. The normalized spacial score (nSPS) is 27.5. The second-order valence-corrected chi connectivity index (χ2v) is 4.24. The maximum Gasteiger partial charge on any atom is 0.220 e. The first-order valence-electron chi connectivity index (χ1n) is 5.34. The molecule has 1 saturated carbocycles. The molecule has 74 valence electrons. The summed E-state index contributed by atoms with van der Waals surface area (Å²) in [7, 11) is 0. The van der Waals surface area contributed by atoms with Crippen LogP contribution < -0.4 is 10.6 Å². The molecule has 13 heavy (non-hydrogen) atoms. The van der Waals surface area contributed by atoms with Crippen molar-refractivity contribution in [1.82, 2.24) is 10.6 Å². The zero-order valence-electron chi connectivity index (χ0n) is 8.01. The van der Waals surface area contributed by atoms with Gasteiger partial charge in [-0.2, -0.15) is 0 Å². The highest BCUT2D eigenvalue weighted by Gasteiger charge is 2.24. The quantitative estimate of drug-likeness (QED) is 0.670. The maximum absolute atomic E-state index is 11.3. The van der Waals surface area contributed by atoms with Crippen LogP contribution in [-0.2, 0) is 4.79 Å². The fourth-order valence-electron chi connectivity index (χ4n) is 1.82. The molecule has 3 heteroatoms. The van der Waals surface area contributed by atoms with Crippen LogP contribution in [-0.4, -0.2) is 25.0 Å². The minimum atomic E-state index is 0.246. The number of hydrogen-bond acceptors (Lipinski definition) is 2. The number of rotatable bonds is 4. The Labute approximate surface area is 79.3 Å². The van der Waals surface area contributed by atoms with Gasteiger partial charge in [0.1, 0.15) is 0 Å². The first-order valence-corrected chi connectivity index (χ1v) is 5.34. The van der Waals surface area contributed by atoms with Crippen LogP contribution in [0.3, 0.4) is 0 Å². The molecule has 1 heterocycles. The van der Waals surface area contributed by atoms with Crippen LogP contribution in [0.15, 0.2) is 0 Å². The lowest BCUT2D eigenvalue weighted by atomic mass is 10.2. The minimum Gasteiger partial charge on any atom is -0.355 e. The summed E-state index contributed by atoms with van der Waals surface area (Å²) in [5, 5.41) is 6.36. The van der Waals surface area contributed by atoms with Gasteiger partial charge < -0.3 is 10.6 Å². The molecule has 1 aliphatic carbocycles. The van der Waals surface area contributed by atoms with Gasteiger partial charge in [0.05, 0.1) is 0 Å². The summed E-state index contributed by atoms with van der Waals surface area (Å²) in [5.74, 6) is 0.952. The predicted molar refractivity (Wildman–Crippen MR) is 51.4 cm³/mol. The summed E-state index contributed by atoms with van der Waals surface area (Å²) in [6, 6.07) is 0.531. The monoisotopic (exact) mass is 182 g/mol. The predicted octanol–water partition coefficient (Wildman–Crippen LogP) is 0.655. The summed E-state index contributed by atoms with van der Waals surface area (Å²) in [4.78, 5) is 11.3. The van der Waals surface area contributed by atoms with Crippen molar-refractivity contribution in [2.75, 3.05) is 13.1 Å². The molecule has 0 aromatic carbocycles. The Morgan fingerprint density at radius 1 is 1.38 bits per heavy atom. The maximum atomic E-state index is 11.3. The third-order valence-corrected chi connectivity index (χ3v) is 2.88. The van der Waals surface area contributed by atoms with Crippen molar-refractivity contribution in [3.8, 4) is 0 Å². The molecular formula is C10H18N2O. The minimum absolute atomic E-state index is 0.246. The fraction of sp³-hybridized carbons (Fsp3) is 0.900. The van der Waals surface area contributed by atoms with Gasteiger partial charge in [-0.3, -0.25) is 4.79 Å². The summed E-state index contributed by atoms with van der Waals surface area (Å²) >= 11 is 0. The van der Waals surface area contributed by atoms with Gasteiger partial charge >= 0.3 is 0 Å². The Morgan fingerprint density at radius 2 is 2.23 bits per heavy atom. The molecule has 3 nitrogen and oxygen atoms in total. The van der Waals surface area contributed by atoms with E-state index in [2.05, 4.69) is 10.6 Å². The van der Waals surface area contributed by atoms with Crippen molar-refractivity contribution in [2.45, 2.75) is 38.1 Å². The standard InChI is InChI=1S/C10H18N2O/c13-10(6-8-3-4-8)12-7-9-2-1-5-11-9/h8-9,11H,1-7H2,(H,12,13). The fourth-order valence-corrected chi connectivity index (χ4v) is 1.82. The van der Waals surface area contributed by atoms with Crippen molar-refractivity contribution < 1.29 is 4.79 Å². The zero-order valence-corrected chi connectivity index (χ0v) is 8.01. The van der Waals surface area contributed by atoms with Gasteiger partial charge in [-0.1, -0.05) is 0 Å². The van der Waals surface area contributed by atoms with E-state index in [9.17, 15) is 4.79 Å². The second-order valence-electron chi connectivity index (χ2n) is 4.24. The van der Waals surface area contributed by atoms with Gasteiger partial charge in [0.2, 0.25) is 5.91 Å². The highest BCUT2D eigenvalue weighted by Crippen LogP contribution is 2.32. The molecule has 1 saturated heterocycles. The topological polar surface area (TPSA) is 41.1 Å². The molecule has 1 aliphatic heterocycles. The van der Waals surface area contributed by atoms with E-state index in [-0.39, 0.29) is 5.91 Å². The van der Waals surface area contributed by atoms with E-state index in [1.54, 1.807) is 0 Å². The molecule has 2 rings (SSSR count). The van der Waals surface area contributed by atoms with Crippen LogP contribution in [0, 0.1) is 5.92 Å². The van der Waals surface area contributed by atoms with Gasteiger partial charge in [0.15, 0.2) is 0 Å². The Kier molecular flexibility index (Phi) is 2.83. The second kappa shape index (κ2) is 4.09. The van der Waals surface area contributed by atoms with E-state index in [4.69, 9.17) is 0 Å². The number of nitrogens with one attached hydrogen (secondary N) is 2. The largest absolute Gasteiger partial charge is 0.355 e. The Hall–Kier alpha value is -0.570. The van der Waals surface area contributed by atoms with Crippen molar-refractivity contribution in [1.29, 1.82) is 0 Å². The third kappa shape index (κ3) is 2.99. The number of carbonyl (C=O) groups is 1. The average Bonchev–Trinajstić information content (AvgIpc) is 2.78. The Morgan fingerprint density at radius 3 is 2.85 bits per heavy atom. The SMILES string of the molecule is O=C(CC1CC1)NCC1CCCN1. The Balaban J connectivity index is 1.57. The molecule has 2 N–H and O–H groups in total. The first-order chi connectivity index (χ1) is 6.34. The van der Waals surface area contributed by atoms with E-state index in [1.807, 2.05) is 0 Å². The van der Waals surface area contributed by atoms with Gasteiger partial charge in [-0.25, -0.2) is 0 Å². The molecular weight excluding hydrogens is 164 g/mol. The smallest absolute Gasteiger partial charge is 0.220 e. The van der Waals surface area contributed by atoms with Crippen molar-refractivity contribution >= 4 is 5.91 Å². The first kappa shape index (κ1) is 9.00. The summed E-state index contributed by atoms with van der Waals surface area (Å²) in [5.41, 5.74) is 0. The summed E-state index contributed by atoms with van der Waals surface area (Å²) in [6.45, 7) is 1.94. The Bertz CT molecular complexity index is 183. The molecule has 1 amide bonds. The highest BCUT2D eigenvalue weighted by molar-refractivity contribution is 5.76. The van der Waals surface area contributed by atoms with Crippen LogP contribution in [0.1, 0.15) is 32.1 Å². The van der Waals surface area contributed by atoms with Crippen molar-refractivity contribution in [3.63, 3.8) is 0 Å². The van der Waals surface area contributed by atoms with Crippen LogP contribution in [0.25, 0.3) is 0 Å². The van der Waals surface area contributed by atoms with Gasteiger partial charge in [-0.05, 0) is 38.1 Å². The van der Waals surface area contributed by atoms with Gasteiger partial charge in [-0.15, -0.1) is 0 Å². The molecule has 0 aromatic rings. The lowest BCUT2D eigenvalue weighted by Gasteiger charge is -2.10. The van der Waals surface area contributed by atoms with Crippen LogP contribution in [0.2, 0.25) is 0 Å². The lowest BCUT2D eigenvalue weighted by Crippen LogP contribution is -2.37. The summed E-state index contributed by atoms with van der Waals surface area (Å²) < 4.78 is 0. The molecule has 0 aromatic heterocycles. The van der Waals surface area contributed by atoms with E-state index < -0.39 is 0 Å². The van der Waals surface area contributed by atoms with Crippen molar-refractivity contribution in [3.05, 3.63) is 0 Å². The molecule has 1 atom stereocenters. The average molecular weight is 182 g/mol. The third-order valence-electron chi connectivity index (χ3n) is 2.88. The molecule has 0 spiro atoms. The number of amides is 1. The van der Waals surface area contributed by atoms with Crippen LogP contribution in [0.5, 0.6) is 0 Å².